The Hall–Kier alpha value is -2.27. The van der Waals surface area contributed by atoms with Crippen molar-refractivity contribution < 1.29 is 33.7 Å². The Morgan fingerprint density at radius 3 is 1.30 bits per heavy atom. The number of ether oxygens (including phenoxy) is 3. The summed E-state index contributed by atoms with van der Waals surface area (Å²) >= 11 is 0. The molecule has 332 valence electrons. The van der Waals surface area contributed by atoms with Gasteiger partial charge in [0.15, 0.2) is 0 Å². The lowest BCUT2D eigenvalue weighted by Gasteiger charge is -2.27. The van der Waals surface area contributed by atoms with Gasteiger partial charge in [0.25, 0.3) is 0 Å². The highest BCUT2D eigenvalue weighted by molar-refractivity contribution is 5.68. The van der Waals surface area contributed by atoms with Gasteiger partial charge in [-0.25, -0.2) is 14.4 Å². The van der Waals surface area contributed by atoms with E-state index in [0.717, 1.165) is 70.9 Å². The summed E-state index contributed by atoms with van der Waals surface area (Å²) in [6.45, 7) is 23.4. The number of alkyl carbamates (subject to hydrolysis) is 2. The second-order valence-electron chi connectivity index (χ2n) is 18.8. The lowest BCUT2D eigenvalue weighted by Crippen LogP contribution is -2.39. The minimum atomic E-state index is -0.574. The number of nitrogens with one attached hydrogen (secondary N) is 2. The van der Waals surface area contributed by atoms with Crippen molar-refractivity contribution in [1.29, 1.82) is 0 Å². The second-order valence-corrected chi connectivity index (χ2v) is 18.8. The highest BCUT2D eigenvalue weighted by atomic mass is 16.6. The number of hydrogen-bond donors (Lipinski definition) is 3. The first-order valence-electron chi connectivity index (χ1n) is 22.6. The summed E-state index contributed by atoms with van der Waals surface area (Å²) in [7, 11) is 0. The molecule has 1 atom stereocenters. The molecule has 0 bridgehead atoms. The van der Waals surface area contributed by atoms with Crippen LogP contribution in [0.1, 0.15) is 204 Å². The molecule has 0 aliphatic rings. The number of carbonyl (C=O) groups is 3. The van der Waals surface area contributed by atoms with Crippen LogP contribution in [0.15, 0.2) is 0 Å². The molecule has 0 heterocycles. The number of hydrogen-bond acceptors (Lipinski definition) is 8. The largest absolute Gasteiger partial charge is 0.444 e. The molecule has 0 saturated carbocycles. The molecule has 3 N–H and O–H groups in total. The third kappa shape index (κ3) is 37.3. The van der Waals surface area contributed by atoms with Gasteiger partial charge in [0.05, 0.1) is 6.10 Å². The SMILES string of the molecule is CCCCCCCCCCCCCC[C@@H](O)CN(CCCCCCCCN(CCCNC(=O)OC(C)(C)C)C(=O)OC(C)(C)C)CCCNC(=O)OC(C)(C)C. The van der Waals surface area contributed by atoms with Crippen molar-refractivity contribution >= 4 is 18.3 Å². The molecule has 11 nitrogen and oxygen atoms in total. The number of aliphatic hydroxyl groups is 1. The smallest absolute Gasteiger partial charge is 0.410 e. The van der Waals surface area contributed by atoms with Crippen molar-refractivity contribution in [2.75, 3.05) is 45.8 Å². The molecule has 0 aromatic heterocycles. The third-order valence-electron chi connectivity index (χ3n) is 9.26. The van der Waals surface area contributed by atoms with E-state index in [4.69, 9.17) is 14.2 Å². The predicted molar refractivity (Wildman–Crippen MR) is 231 cm³/mol. The van der Waals surface area contributed by atoms with Crippen molar-refractivity contribution in [2.45, 2.75) is 227 Å². The lowest BCUT2D eigenvalue weighted by atomic mass is 10.0. The van der Waals surface area contributed by atoms with Gasteiger partial charge in [0.1, 0.15) is 16.8 Å². The van der Waals surface area contributed by atoms with E-state index in [-0.39, 0.29) is 18.3 Å². The Kier molecular flexibility index (Phi) is 30.4. The molecule has 0 unspecified atom stereocenters. The van der Waals surface area contributed by atoms with Crippen molar-refractivity contribution in [3.63, 3.8) is 0 Å². The van der Waals surface area contributed by atoms with Crippen LogP contribution in [0, 0.1) is 0 Å². The van der Waals surface area contributed by atoms with Crippen LogP contribution in [-0.2, 0) is 14.2 Å². The predicted octanol–water partition coefficient (Wildman–Crippen LogP) is 11.1. The van der Waals surface area contributed by atoms with E-state index in [1.54, 1.807) is 4.90 Å². The fourth-order valence-corrected chi connectivity index (χ4v) is 6.45. The van der Waals surface area contributed by atoms with Gasteiger partial charge in [-0.15, -0.1) is 0 Å². The quantitative estimate of drug-likeness (QED) is 0.0453. The number of nitrogens with zero attached hydrogens (tertiary/aromatic N) is 2. The molecule has 0 fully saturated rings. The molecule has 0 saturated heterocycles. The van der Waals surface area contributed by atoms with E-state index >= 15 is 0 Å². The summed E-state index contributed by atoms with van der Waals surface area (Å²) in [5.41, 5.74) is -1.65. The maximum Gasteiger partial charge on any atom is 0.410 e. The van der Waals surface area contributed by atoms with Crippen LogP contribution in [0.5, 0.6) is 0 Å². The van der Waals surface area contributed by atoms with Crippen molar-refractivity contribution in [3.05, 3.63) is 0 Å². The Bertz CT molecular complexity index is 990. The zero-order chi connectivity index (χ0) is 42.3. The standard InChI is InChI=1S/C45H90N4O7/c1-11-12-13-14-15-16-17-18-19-20-23-26-31-39(50)38-48(35-29-32-46-40(51)54-43(2,3)4)34-27-24-21-22-25-28-36-49(42(53)56-45(8,9)10)37-30-33-47-41(52)55-44(5,6)7/h39,50H,11-38H2,1-10H3,(H,46,51)(H,47,52)/t39-/m1/s1. The van der Waals surface area contributed by atoms with Gasteiger partial charge in [0.2, 0.25) is 0 Å². The van der Waals surface area contributed by atoms with Gasteiger partial charge in [-0.1, -0.05) is 110 Å². The monoisotopic (exact) mass is 799 g/mol. The van der Waals surface area contributed by atoms with Gasteiger partial charge >= 0.3 is 18.3 Å². The molecular weight excluding hydrogens is 709 g/mol. The summed E-state index contributed by atoms with van der Waals surface area (Å²) in [6.07, 6.45) is 22.8. The number of carbonyl (C=O) groups excluding carboxylic acids is 3. The Morgan fingerprint density at radius 1 is 0.500 bits per heavy atom. The normalized spacial score (nSPS) is 12.7. The zero-order valence-corrected chi connectivity index (χ0v) is 38.2. The first kappa shape index (κ1) is 53.7. The van der Waals surface area contributed by atoms with Gasteiger partial charge in [-0.2, -0.15) is 0 Å². The van der Waals surface area contributed by atoms with Crippen LogP contribution < -0.4 is 10.6 Å². The number of rotatable bonds is 32. The summed E-state index contributed by atoms with van der Waals surface area (Å²) in [5.74, 6) is 0. The highest BCUT2D eigenvalue weighted by Gasteiger charge is 2.22. The summed E-state index contributed by atoms with van der Waals surface area (Å²) < 4.78 is 16.3. The first-order chi connectivity index (χ1) is 26.3. The Labute approximate surface area is 344 Å². The molecule has 3 amide bonds. The van der Waals surface area contributed by atoms with Gasteiger partial charge in [-0.05, 0) is 108 Å². The fraction of sp³-hybridized carbons (Fsp3) is 0.933. The van der Waals surface area contributed by atoms with Gasteiger partial charge in [0, 0.05) is 32.7 Å². The molecule has 11 heteroatoms. The molecule has 0 aliphatic heterocycles. The molecular formula is C45H90N4O7. The zero-order valence-electron chi connectivity index (χ0n) is 38.2. The lowest BCUT2D eigenvalue weighted by molar-refractivity contribution is 0.0244. The Balaban J connectivity index is 4.63. The van der Waals surface area contributed by atoms with Gasteiger partial charge in [-0.3, -0.25) is 0 Å². The van der Waals surface area contributed by atoms with Crippen molar-refractivity contribution in [3.8, 4) is 0 Å². The van der Waals surface area contributed by atoms with Crippen LogP contribution in [0.3, 0.4) is 0 Å². The average Bonchev–Trinajstić information content (AvgIpc) is 3.06. The third-order valence-corrected chi connectivity index (χ3v) is 9.26. The molecule has 56 heavy (non-hydrogen) atoms. The number of aliphatic hydroxyl groups excluding tert-OH is 1. The minimum Gasteiger partial charge on any atom is -0.444 e. The second kappa shape index (κ2) is 31.7. The van der Waals surface area contributed by atoms with Crippen LogP contribution in [0.25, 0.3) is 0 Å². The maximum atomic E-state index is 12.9. The summed E-state index contributed by atoms with van der Waals surface area (Å²) in [5, 5.41) is 16.6. The molecule has 0 aromatic rings. The van der Waals surface area contributed by atoms with Crippen LogP contribution >= 0.6 is 0 Å². The molecule has 0 aliphatic carbocycles. The van der Waals surface area contributed by atoms with E-state index < -0.39 is 22.9 Å². The average molecular weight is 799 g/mol. The maximum absolute atomic E-state index is 12.9. The fourth-order valence-electron chi connectivity index (χ4n) is 6.45. The molecule has 0 radical (unpaired) electrons. The molecule has 0 aromatic carbocycles. The van der Waals surface area contributed by atoms with Crippen LogP contribution in [0.2, 0.25) is 0 Å². The van der Waals surface area contributed by atoms with Crippen molar-refractivity contribution in [2.24, 2.45) is 0 Å². The molecule has 0 rings (SSSR count). The Morgan fingerprint density at radius 2 is 0.857 bits per heavy atom. The van der Waals surface area contributed by atoms with Crippen LogP contribution in [-0.4, -0.2) is 102 Å². The van der Waals surface area contributed by atoms with E-state index in [1.807, 2.05) is 62.3 Å². The summed E-state index contributed by atoms with van der Waals surface area (Å²) in [4.78, 5) is 41.1. The van der Waals surface area contributed by atoms with Crippen LogP contribution in [0.4, 0.5) is 14.4 Å². The van der Waals surface area contributed by atoms with E-state index in [9.17, 15) is 19.5 Å². The number of amides is 3. The number of unbranched alkanes of at least 4 members (excludes halogenated alkanes) is 16. The molecule has 0 spiro atoms. The summed E-state index contributed by atoms with van der Waals surface area (Å²) in [6, 6.07) is 0. The van der Waals surface area contributed by atoms with E-state index in [0.29, 0.717) is 39.1 Å². The van der Waals surface area contributed by atoms with Gasteiger partial charge < -0.3 is 39.8 Å². The van der Waals surface area contributed by atoms with E-state index in [1.165, 1.54) is 70.6 Å². The topological polar surface area (TPSA) is 130 Å². The highest BCUT2D eigenvalue weighted by Crippen LogP contribution is 2.16. The van der Waals surface area contributed by atoms with Crippen molar-refractivity contribution in [1.82, 2.24) is 20.4 Å². The minimum absolute atomic E-state index is 0.322. The first-order valence-corrected chi connectivity index (χ1v) is 22.6. The van der Waals surface area contributed by atoms with E-state index in [2.05, 4.69) is 22.5 Å².